The number of methoxy groups -OCH3 is 1. The van der Waals surface area contributed by atoms with Gasteiger partial charge in [-0.05, 0) is 65.1 Å². The van der Waals surface area contributed by atoms with Crippen LogP contribution in [0.15, 0.2) is 42.5 Å². The van der Waals surface area contributed by atoms with Crippen LogP contribution in [-0.2, 0) is 4.79 Å². The summed E-state index contributed by atoms with van der Waals surface area (Å²) < 4.78 is 6.06. The minimum absolute atomic E-state index is 0.0420. The molecule has 126 valence electrons. The summed E-state index contributed by atoms with van der Waals surface area (Å²) in [5.74, 6) is 0.411. The van der Waals surface area contributed by atoms with Gasteiger partial charge in [-0.1, -0.05) is 13.8 Å². The standard InChI is InChI=1S/C18H19IN2O3/c1-11(2)17(22)20-13-5-7-14(8-6-13)21-18(23)12-4-9-16(24-3)15(19)10-12/h4-11H,1-3H3,(H,20,22)(H,21,23). The Labute approximate surface area is 154 Å². The number of rotatable bonds is 5. The number of ether oxygens (including phenoxy) is 1. The molecule has 2 aromatic rings. The first-order valence-electron chi connectivity index (χ1n) is 7.46. The molecule has 0 atom stereocenters. The summed E-state index contributed by atoms with van der Waals surface area (Å²) in [5, 5.41) is 5.64. The van der Waals surface area contributed by atoms with Crippen molar-refractivity contribution in [2.24, 2.45) is 5.92 Å². The van der Waals surface area contributed by atoms with Crippen molar-refractivity contribution in [3.8, 4) is 5.75 Å². The molecule has 0 fully saturated rings. The molecule has 6 heteroatoms. The van der Waals surface area contributed by atoms with Crippen molar-refractivity contribution in [3.63, 3.8) is 0 Å². The van der Waals surface area contributed by atoms with Crippen molar-refractivity contribution in [2.75, 3.05) is 17.7 Å². The first-order chi connectivity index (χ1) is 11.4. The highest BCUT2D eigenvalue weighted by Gasteiger charge is 2.10. The van der Waals surface area contributed by atoms with Crippen LogP contribution in [0, 0.1) is 9.49 Å². The quantitative estimate of drug-likeness (QED) is 0.690. The molecule has 2 aromatic carbocycles. The molecule has 0 aliphatic rings. The predicted octanol–water partition coefficient (Wildman–Crippen LogP) is 4.15. The monoisotopic (exact) mass is 438 g/mol. The molecule has 0 aliphatic heterocycles. The van der Waals surface area contributed by atoms with Crippen molar-refractivity contribution in [1.29, 1.82) is 0 Å². The van der Waals surface area contributed by atoms with Gasteiger partial charge in [0.2, 0.25) is 5.91 Å². The lowest BCUT2D eigenvalue weighted by Gasteiger charge is -2.10. The van der Waals surface area contributed by atoms with E-state index in [-0.39, 0.29) is 17.7 Å². The van der Waals surface area contributed by atoms with Gasteiger partial charge in [0.05, 0.1) is 10.7 Å². The molecule has 24 heavy (non-hydrogen) atoms. The van der Waals surface area contributed by atoms with Crippen LogP contribution in [0.5, 0.6) is 5.75 Å². The highest BCUT2D eigenvalue weighted by atomic mass is 127. The average Bonchev–Trinajstić information content (AvgIpc) is 2.56. The van der Waals surface area contributed by atoms with E-state index in [1.54, 1.807) is 49.6 Å². The molecule has 2 rings (SSSR count). The maximum atomic E-state index is 12.3. The Morgan fingerprint density at radius 1 is 1.00 bits per heavy atom. The second kappa shape index (κ2) is 8.14. The third kappa shape index (κ3) is 4.70. The van der Waals surface area contributed by atoms with Gasteiger partial charge in [-0.2, -0.15) is 0 Å². The number of amides is 2. The van der Waals surface area contributed by atoms with Gasteiger partial charge in [-0.3, -0.25) is 9.59 Å². The van der Waals surface area contributed by atoms with Gasteiger partial charge in [0.25, 0.3) is 5.91 Å². The highest BCUT2D eigenvalue weighted by molar-refractivity contribution is 14.1. The van der Waals surface area contributed by atoms with Crippen molar-refractivity contribution in [3.05, 3.63) is 51.6 Å². The molecule has 0 heterocycles. The fourth-order valence-electron chi connectivity index (χ4n) is 1.93. The third-order valence-electron chi connectivity index (χ3n) is 3.35. The molecular weight excluding hydrogens is 419 g/mol. The van der Waals surface area contributed by atoms with E-state index in [0.717, 1.165) is 9.32 Å². The lowest BCUT2D eigenvalue weighted by molar-refractivity contribution is -0.118. The Hall–Kier alpha value is -2.09. The van der Waals surface area contributed by atoms with Crippen molar-refractivity contribution < 1.29 is 14.3 Å². The van der Waals surface area contributed by atoms with E-state index in [4.69, 9.17) is 4.74 Å². The topological polar surface area (TPSA) is 67.4 Å². The zero-order valence-corrected chi connectivity index (χ0v) is 15.9. The molecular formula is C18H19IN2O3. The van der Waals surface area contributed by atoms with E-state index in [0.29, 0.717) is 16.9 Å². The van der Waals surface area contributed by atoms with Crippen molar-refractivity contribution >= 4 is 45.8 Å². The predicted molar refractivity (Wildman–Crippen MR) is 104 cm³/mol. The first-order valence-corrected chi connectivity index (χ1v) is 8.54. The molecule has 0 saturated carbocycles. The summed E-state index contributed by atoms with van der Waals surface area (Å²) in [6, 6.07) is 12.3. The van der Waals surface area contributed by atoms with E-state index in [9.17, 15) is 9.59 Å². The lowest BCUT2D eigenvalue weighted by Crippen LogP contribution is -2.17. The summed E-state index contributed by atoms with van der Waals surface area (Å²) in [7, 11) is 1.59. The van der Waals surface area contributed by atoms with E-state index in [2.05, 4.69) is 33.2 Å². The molecule has 0 bridgehead atoms. The number of nitrogens with one attached hydrogen (secondary N) is 2. The van der Waals surface area contributed by atoms with Gasteiger partial charge in [0, 0.05) is 22.9 Å². The maximum Gasteiger partial charge on any atom is 0.255 e. The van der Waals surface area contributed by atoms with Crippen molar-refractivity contribution in [1.82, 2.24) is 0 Å². The fraction of sp³-hybridized carbons (Fsp3) is 0.222. The molecule has 0 saturated heterocycles. The second-order valence-corrected chi connectivity index (χ2v) is 6.69. The van der Waals surface area contributed by atoms with E-state index in [1.807, 2.05) is 13.8 Å². The minimum Gasteiger partial charge on any atom is -0.496 e. The van der Waals surface area contributed by atoms with Gasteiger partial charge in [0.1, 0.15) is 5.75 Å². The Bertz CT molecular complexity index is 742. The van der Waals surface area contributed by atoms with Crippen LogP contribution in [0.25, 0.3) is 0 Å². The largest absolute Gasteiger partial charge is 0.496 e. The second-order valence-electron chi connectivity index (χ2n) is 5.52. The number of carbonyl (C=O) groups excluding carboxylic acids is 2. The number of hydrogen-bond acceptors (Lipinski definition) is 3. The van der Waals surface area contributed by atoms with Crippen LogP contribution < -0.4 is 15.4 Å². The van der Waals surface area contributed by atoms with Gasteiger partial charge < -0.3 is 15.4 Å². The van der Waals surface area contributed by atoms with E-state index < -0.39 is 0 Å². The fourth-order valence-corrected chi connectivity index (χ4v) is 2.67. The summed E-state index contributed by atoms with van der Waals surface area (Å²) >= 11 is 2.13. The average molecular weight is 438 g/mol. The van der Waals surface area contributed by atoms with Crippen LogP contribution in [0.1, 0.15) is 24.2 Å². The van der Waals surface area contributed by atoms with Crippen molar-refractivity contribution in [2.45, 2.75) is 13.8 Å². The van der Waals surface area contributed by atoms with Crippen LogP contribution in [0.2, 0.25) is 0 Å². The minimum atomic E-state index is -0.200. The highest BCUT2D eigenvalue weighted by Crippen LogP contribution is 2.22. The van der Waals surface area contributed by atoms with Crippen LogP contribution in [-0.4, -0.2) is 18.9 Å². The smallest absolute Gasteiger partial charge is 0.255 e. The number of carbonyl (C=O) groups is 2. The Morgan fingerprint density at radius 3 is 2.08 bits per heavy atom. The molecule has 2 amide bonds. The van der Waals surface area contributed by atoms with E-state index >= 15 is 0 Å². The Morgan fingerprint density at radius 2 is 1.58 bits per heavy atom. The molecule has 0 radical (unpaired) electrons. The van der Waals surface area contributed by atoms with Gasteiger partial charge in [0.15, 0.2) is 0 Å². The van der Waals surface area contributed by atoms with Gasteiger partial charge in [-0.25, -0.2) is 0 Å². The molecule has 2 N–H and O–H groups in total. The van der Waals surface area contributed by atoms with Crippen LogP contribution in [0.3, 0.4) is 0 Å². The zero-order valence-electron chi connectivity index (χ0n) is 13.7. The van der Waals surface area contributed by atoms with Gasteiger partial charge in [-0.15, -0.1) is 0 Å². The van der Waals surface area contributed by atoms with Gasteiger partial charge >= 0.3 is 0 Å². The Balaban J connectivity index is 2.04. The van der Waals surface area contributed by atoms with E-state index in [1.165, 1.54) is 0 Å². The lowest BCUT2D eigenvalue weighted by atomic mass is 10.2. The number of halogens is 1. The summed E-state index contributed by atoms with van der Waals surface area (Å²) in [4.78, 5) is 23.9. The molecule has 0 spiro atoms. The number of hydrogen-bond donors (Lipinski definition) is 2. The third-order valence-corrected chi connectivity index (χ3v) is 4.19. The van der Waals surface area contributed by atoms with Crippen LogP contribution >= 0.6 is 22.6 Å². The number of benzene rings is 2. The first kappa shape index (κ1) is 18.3. The summed E-state index contributed by atoms with van der Waals surface area (Å²) in [6.07, 6.45) is 0. The SMILES string of the molecule is COc1ccc(C(=O)Nc2ccc(NC(=O)C(C)C)cc2)cc1I. The summed E-state index contributed by atoms with van der Waals surface area (Å²) in [6.45, 7) is 3.67. The zero-order chi connectivity index (χ0) is 17.7. The van der Waals surface area contributed by atoms with Crippen LogP contribution in [0.4, 0.5) is 11.4 Å². The Kier molecular flexibility index (Phi) is 6.19. The normalized spacial score (nSPS) is 10.4. The molecule has 0 aliphatic carbocycles. The molecule has 0 unspecified atom stereocenters. The molecule has 0 aromatic heterocycles. The maximum absolute atomic E-state index is 12.3. The summed E-state index contributed by atoms with van der Waals surface area (Å²) in [5.41, 5.74) is 1.91. The molecule has 5 nitrogen and oxygen atoms in total. The number of anilines is 2.